The molecule has 3 aromatic carbocycles. The second kappa shape index (κ2) is 8.20. The molecule has 0 spiro atoms. The lowest BCUT2D eigenvalue weighted by Gasteiger charge is -2.10. The van der Waals surface area contributed by atoms with Gasteiger partial charge in [0.2, 0.25) is 0 Å². The Hall–Kier alpha value is -3.58. The third-order valence-corrected chi connectivity index (χ3v) is 5.18. The van der Waals surface area contributed by atoms with E-state index < -0.39 is 0 Å². The van der Waals surface area contributed by atoms with E-state index in [-0.39, 0.29) is 5.91 Å². The van der Waals surface area contributed by atoms with Crippen molar-refractivity contribution in [2.24, 2.45) is 0 Å². The number of thiazole rings is 1. The molecule has 0 fully saturated rings. The van der Waals surface area contributed by atoms with Gasteiger partial charge in [-0.2, -0.15) is 0 Å². The molecule has 6 nitrogen and oxygen atoms in total. The van der Waals surface area contributed by atoms with Crippen molar-refractivity contribution in [2.75, 3.05) is 24.9 Å². The van der Waals surface area contributed by atoms with Crippen molar-refractivity contribution in [3.63, 3.8) is 0 Å². The van der Waals surface area contributed by atoms with Crippen molar-refractivity contribution in [3.8, 4) is 11.5 Å². The third kappa shape index (κ3) is 4.00. The number of hydrogen-bond donors (Lipinski definition) is 2. The predicted molar refractivity (Wildman–Crippen MR) is 117 cm³/mol. The number of rotatable bonds is 6. The minimum Gasteiger partial charge on any atom is -0.497 e. The molecule has 1 amide bonds. The zero-order valence-electron chi connectivity index (χ0n) is 15.9. The highest BCUT2D eigenvalue weighted by Gasteiger charge is 2.14. The number of anilines is 3. The fourth-order valence-corrected chi connectivity index (χ4v) is 3.68. The van der Waals surface area contributed by atoms with E-state index in [1.54, 1.807) is 25.7 Å². The van der Waals surface area contributed by atoms with Crippen LogP contribution in [0.5, 0.6) is 11.5 Å². The molecule has 0 aliphatic rings. The Morgan fingerprint density at radius 3 is 2.62 bits per heavy atom. The molecule has 1 heterocycles. The van der Waals surface area contributed by atoms with Crippen molar-refractivity contribution < 1.29 is 14.3 Å². The summed E-state index contributed by atoms with van der Waals surface area (Å²) >= 11 is 1.35. The van der Waals surface area contributed by atoms with E-state index in [4.69, 9.17) is 9.47 Å². The van der Waals surface area contributed by atoms with Gasteiger partial charge < -0.3 is 20.1 Å². The van der Waals surface area contributed by atoms with Gasteiger partial charge in [-0.3, -0.25) is 4.79 Å². The average molecular weight is 405 g/mol. The van der Waals surface area contributed by atoms with Crippen LogP contribution in [0.4, 0.5) is 16.5 Å². The second-order valence-corrected chi connectivity index (χ2v) is 7.07. The largest absolute Gasteiger partial charge is 0.497 e. The molecule has 0 aliphatic carbocycles. The number of carbonyl (C=O) groups is 1. The highest BCUT2D eigenvalue weighted by atomic mass is 32.1. The first-order valence-corrected chi connectivity index (χ1v) is 9.79. The maximum atomic E-state index is 12.7. The minimum absolute atomic E-state index is 0.257. The smallest absolute Gasteiger partial charge is 0.275 e. The number of nitrogens with one attached hydrogen (secondary N) is 2. The van der Waals surface area contributed by atoms with Crippen LogP contribution in [-0.4, -0.2) is 25.1 Å². The van der Waals surface area contributed by atoms with Crippen LogP contribution in [0.2, 0.25) is 0 Å². The molecule has 0 bridgehead atoms. The molecule has 146 valence electrons. The van der Waals surface area contributed by atoms with E-state index in [0.717, 1.165) is 22.1 Å². The van der Waals surface area contributed by atoms with Crippen molar-refractivity contribution >= 4 is 44.5 Å². The molecule has 0 atom stereocenters. The van der Waals surface area contributed by atoms with Crippen LogP contribution >= 0.6 is 11.3 Å². The van der Waals surface area contributed by atoms with Gasteiger partial charge in [-0.15, -0.1) is 11.3 Å². The lowest BCUT2D eigenvalue weighted by Crippen LogP contribution is -2.12. The number of aromatic nitrogens is 1. The topological polar surface area (TPSA) is 72.5 Å². The van der Waals surface area contributed by atoms with E-state index in [1.807, 2.05) is 54.6 Å². The molecular weight excluding hydrogens is 386 g/mol. The van der Waals surface area contributed by atoms with Gasteiger partial charge in [-0.05, 0) is 23.6 Å². The van der Waals surface area contributed by atoms with Crippen molar-refractivity contribution in [1.82, 2.24) is 4.98 Å². The van der Waals surface area contributed by atoms with Crippen LogP contribution in [0.15, 0.2) is 66.0 Å². The monoisotopic (exact) mass is 405 g/mol. The van der Waals surface area contributed by atoms with Crippen molar-refractivity contribution in [1.29, 1.82) is 0 Å². The fourth-order valence-electron chi connectivity index (χ4n) is 2.97. The Bertz CT molecular complexity index is 1170. The van der Waals surface area contributed by atoms with Gasteiger partial charge >= 0.3 is 0 Å². The number of fused-ring (bicyclic) bond motifs is 1. The third-order valence-electron chi connectivity index (χ3n) is 4.42. The van der Waals surface area contributed by atoms with E-state index in [0.29, 0.717) is 22.3 Å². The number of nitrogens with zero attached hydrogens (tertiary/aromatic N) is 1. The Kier molecular flexibility index (Phi) is 5.31. The summed E-state index contributed by atoms with van der Waals surface area (Å²) in [6.45, 7) is 0. The van der Waals surface area contributed by atoms with Crippen LogP contribution in [0.25, 0.3) is 10.8 Å². The Morgan fingerprint density at radius 2 is 1.79 bits per heavy atom. The molecule has 0 unspecified atom stereocenters. The molecule has 0 saturated heterocycles. The summed E-state index contributed by atoms with van der Waals surface area (Å²) in [5.41, 5.74) is 1.84. The van der Waals surface area contributed by atoms with Gasteiger partial charge in [0, 0.05) is 22.5 Å². The maximum Gasteiger partial charge on any atom is 0.275 e. The Balaban J connectivity index is 1.52. The lowest BCUT2D eigenvalue weighted by molar-refractivity contribution is 0.102. The Morgan fingerprint density at radius 1 is 0.966 bits per heavy atom. The normalized spacial score (nSPS) is 10.6. The van der Waals surface area contributed by atoms with Gasteiger partial charge in [0.15, 0.2) is 5.13 Å². The first-order valence-electron chi connectivity index (χ1n) is 8.91. The average Bonchev–Trinajstić information content (AvgIpc) is 3.23. The lowest BCUT2D eigenvalue weighted by atomic mass is 10.1. The molecule has 7 heteroatoms. The highest BCUT2D eigenvalue weighted by molar-refractivity contribution is 7.14. The summed E-state index contributed by atoms with van der Waals surface area (Å²) in [7, 11) is 3.19. The number of carbonyl (C=O) groups excluding carboxylic acids is 1. The summed E-state index contributed by atoms with van der Waals surface area (Å²) in [4.78, 5) is 17.1. The van der Waals surface area contributed by atoms with E-state index >= 15 is 0 Å². The van der Waals surface area contributed by atoms with Crippen LogP contribution < -0.4 is 20.1 Å². The first-order chi connectivity index (χ1) is 14.2. The number of methoxy groups -OCH3 is 2. The zero-order chi connectivity index (χ0) is 20.2. The molecule has 4 rings (SSSR count). The molecule has 29 heavy (non-hydrogen) atoms. The van der Waals surface area contributed by atoms with Gasteiger partial charge in [0.25, 0.3) is 5.91 Å². The Labute approximate surface area is 172 Å². The molecule has 1 aromatic heterocycles. The van der Waals surface area contributed by atoms with E-state index in [1.165, 1.54) is 11.3 Å². The van der Waals surface area contributed by atoms with Crippen LogP contribution in [-0.2, 0) is 0 Å². The fraction of sp³-hybridized carbons (Fsp3) is 0.0909. The number of benzene rings is 3. The summed E-state index contributed by atoms with van der Waals surface area (Å²) in [6, 6.07) is 19.2. The summed E-state index contributed by atoms with van der Waals surface area (Å²) in [5, 5.41) is 10.5. The predicted octanol–water partition coefficient (Wildman–Crippen LogP) is 5.31. The van der Waals surface area contributed by atoms with Gasteiger partial charge in [-0.25, -0.2) is 4.98 Å². The standard InChI is InChI=1S/C22H19N3O3S/c1-27-15-10-11-18(20(12-15)28-2)24-22-25-19(13-29-22)21(26)23-17-9-5-7-14-6-3-4-8-16(14)17/h3-13H,1-2H3,(H,23,26)(H,24,25). The minimum atomic E-state index is -0.257. The SMILES string of the molecule is COc1ccc(Nc2nc(C(=O)Nc3cccc4ccccc34)cs2)c(OC)c1. The summed E-state index contributed by atoms with van der Waals surface area (Å²) in [6.07, 6.45) is 0. The zero-order valence-corrected chi connectivity index (χ0v) is 16.7. The van der Waals surface area contributed by atoms with Gasteiger partial charge in [-0.1, -0.05) is 36.4 Å². The maximum absolute atomic E-state index is 12.7. The molecule has 0 aliphatic heterocycles. The quantitative estimate of drug-likeness (QED) is 0.455. The molecular formula is C22H19N3O3S. The summed E-state index contributed by atoms with van der Waals surface area (Å²) < 4.78 is 10.6. The van der Waals surface area contributed by atoms with Crippen molar-refractivity contribution in [2.45, 2.75) is 0 Å². The molecule has 2 N–H and O–H groups in total. The number of hydrogen-bond acceptors (Lipinski definition) is 6. The number of ether oxygens (including phenoxy) is 2. The van der Waals surface area contributed by atoms with Crippen LogP contribution in [0.3, 0.4) is 0 Å². The molecule has 0 saturated carbocycles. The van der Waals surface area contributed by atoms with Gasteiger partial charge in [0.1, 0.15) is 17.2 Å². The highest BCUT2D eigenvalue weighted by Crippen LogP contribution is 2.32. The van der Waals surface area contributed by atoms with Crippen molar-refractivity contribution in [3.05, 3.63) is 71.7 Å². The molecule has 0 radical (unpaired) electrons. The summed E-state index contributed by atoms with van der Waals surface area (Å²) in [5.74, 6) is 1.07. The second-order valence-electron chi connectivity index (χ2n) is 6.21. The van der Waals surface area contributed by atoms with Crippen LogP contribution in [0.1, 0.15) is 10.5 Å². The first kappa shape index (κ1) is 18.8. The van der Waals surface area contributed by atoms with E-state index in [9.17, 15) is 4.79 Å². The van der Waals surface area contributed by atoms with E-state index in [2.05, 4.69) is 15.6 Å². The van der Waals surface area contributed by atoms with Crippen LogP contribution in [0, 0.1) is 0 Å². The number of amides is 1. The van der Waals surface area contributed by atoms with Gasteiger partial charge in [0.05, 0.1) is 19.9 Å². The molecule has 4 aromatic rings.